The molecule has 0 radical (unpaired) electrons. The van der Waals surface area contributed by atoms with Crippen LogP contribution in [0.4, 0.5) is 0 Å². The van der Waals surface area contributed by atoms with Crippen molar-refractivity contribution in [3.05, 3.63) is 0 Å². The highest BCUT2D eigenvalue weighted by molar-refractivity contribution is 4.58. The van der Waals surface area contributed by atoms with E-state index in [0.29, 0.717) is 0 Å². The maximum atomic E-state index is 2.38. The van der Waals surface area contributed by atoms with E-state index in [1.165, 1.54) is 38.5 Å². The molecule has 0 bridgehead atoms. The molecule has 70 valence electrons. The molecule has 0 atom stereocenters. The van der Waals surface area contributed by atoms with Crippen molar-refractivity contribution >= 4 is 0 Å². The second-order valence-corrected chi connectivity index (χ2v) is 3.10. The predicted octanol–water partition coefficient (Wildman–Crippen LogP) is 4.64. The van der Waals surface area contributed by atoms with Crippen molar-refractivity contribution in [1.29, 1.82) is 0 Å². The van der Waals surface area contributed by atoms with Crippen LogP contribution in [0.5, 0.6) is 0 Å². The molecule has 1 rings (SSSR count). The molecular formula is C11H26. The Labute approximate surface area is 73.4 Å². The van der Waals surface area contributed by atoms with Gasteiger partial charge in [0.05, 0.1) is 0 Å². The summed E-state index contributed by atoms with van der Waals surface area (Å²) in [5.74, 6) is 1.03. The topological polar surface area (TPSA) is 0 Å². The van der Waals surface area contributed by atoms with Gasteiger partial charge in [0.1, 0.15) is 0 Å². The lowest BCUT2D eigenvalue weighted by Gasteiger charge is -2.02. The largest absolute Gasteiger partial charge is 0.0776 e. The molecule has 0 heterocycles. The monoisotopic (exact) mass is 158 g/mol. The first-order chi connectivity index (χ1) is 4.89. The maximum absolute atomic E-state index is 2.38. The summed E-state index contributed by atoms with van der Waals surface area (Å²) in [7, 11) is 0. The van der Waals surface area contributed by atoms with Gasteiger partial charge in [0.15, 0.2) is 0 Å². The Balaban J connectivity index is 0. The van der Waals surface area contributed by atoms with Gasteiger partial charge in [-0.1, -0.05) is 66.7 Å². The van der Waals surface area contributed by atoms with Crippen LogP contribution in [0, 0.1) is 5.92 Å². The first-order valence-electron chi connectivity index (χ1n) is 4.89. The first kappa shape index (κ1) is 13.6. The fourth-order valence-electron chi connectivity index (χ4n) is 1.48. The van der Waals surface area contributed by atoms with Crippen LogP contribution >= 0.6 is 0 Å². The minimum Gasteiger partial charge on any atom is -0.0776 e. The third-order valence-electron chi connectivity index (χ3n) is 2.14. The van der Waals surface area contributed by atoms with Crippen molar-refractivity contribution < 1.29 is 0 Å². The highest BCUT2D eigenvalue weighted by atomic mass is 14.1. The Kier molecular flexibility index (Phi) is 12.3. The van der Waals surface area contributed by atoms with Crippen molar-refractivity contribution in [2.75, 3.05) is 0 Å². The first-order valence-corrected chi connectivity index (χ1v) is 4.89. The zero-order valence-electron chi connectivity index (χ0n) is 7.82. The summed E-state index contributed by atoms with van der Waals surface area (Å²) in [6.45, 7) is 6.38. The summed E-state index contributed by atoms with van der Waals surface area (Å²) in [4.78, 5) is 0. The van der Waals surface area contributed by atoms with E-state index in [4.69, 9.17) is 0 Å². The fraction of sp³-hybridized carbons (Fsp3) is 1.00. The van der Waals surface area contributed by atoms with E-state index in [9.17, 15) is 0 Å². The smallest absolute Gasteiger partial charge is 0.0443 e. The van der Waals surface area contributed by atoms with Gasteiger partial charge < -0.3 is 0 Å². The molecule has 0 N–H and O–H groups in total. The van der Waals surface area contributed by atoms with E-state index in [2.05, 4.69) is 6.92 Å². The zero-order valence-corrected chi connectivity index (χ0v) is 7.82. The van der Waals surface area contributed by atoms with Crippen LogP contribution in [-0.4, -0.2) is 0 Å². The highest BCUT2D eigenvalue weighted by Crippen LogP contribution is 2.21. The van der Waals surface area contributed by atoms with Gasteiger partial charge in [-0.2, -0.15) is 0 Å². The molecular weight excluding hydrogens is 132 g/mol. The summed E-state index contributed by atoms with van der Waals surface area (Å²) < 4.78 is 0. The van der Waals surface area contributed by atoms with E-state index in [1.54, 1.807) is 0 Å². The van der Waals surface area contributed by atoms with Crippen molar-refractivity contribution in [1.82, 2.24) is 0 Å². The molecule has 1 fully saturated rings. The zero-order chi connectivity index (χ0) is 7.82. The van der Waals surface area contributed by atoms with Crippen molar-refractivity contribution in [2.45, 2.75) is 66.7 Å². The molecule has 0 nitrogen and oxygen atoms in total. The van der Waals surface area contributed by atoms with Gasteiger partial charge in [-0.15, -0.1) is 0 Å². The lowest BCUT2D eigenvalue weighted by Crippen LogP contribution is -1.88. The second kappa shape index (κ2) is 10.0. The van der Waals surface area contributed by atoms with Gasteiger partial charge in [0, 0.05) is 0 Å². The lowest BCUT2D eigenvalue weighted by molar-refractivity contribution is 0.505. The molecule has 1 saturated carbocycles. The number of hydrogen-bond acceptors (Lipinski definition) is 0. The van der Waals surface area contributed by atoms with E-state index in [0.717, 1.165) is 5.92 Å². The molecule has 0 unspecified atom stereocenters. The Hall–Kier alpha value is 0. The fourth-order valence-corrected chi connectivity index (χ4v) is 1.48. The molecule has 0 aromatic carbocycles. The molecule has 0 aromatic heterocycles. The second-order valence-electron chi connectivity index (χ2n) is 3.10. The molecule has 0 saturated heterocycles. The lowest BCUT2D eigenvalue weighted by atomic mass is 10.0. The van der Waals surface area contributed by atoms with Gasteiger partial charge in [-0.05, 0) is 5.92 Å². The van der Waals surface area contributed by atoms with Crippen LogP contribution in [0.25, 0.3) is 0 Å². The van der Waals surface area contributed by atoms with Crippen molar-refractivity contribution in [3.8, 4) is 0 Å². The summed E-state index contributed by atoms with van der Waals surface area (Å²) in [6, 6.07) is 0. The summed E-state index contributed by atoms with van der Waals surface area (Å²) in [5, 5.41) is 0. The highest BCUT2D eigenvalue weighted by Gasteiger charge is 2.04. The Morgan fingerprint density at radius 2 is 1.18 bits per heavy atom. The minimum atomic E-state index is 0. The standard InChI is InChI=1S/C8H16.C2H6.CH4/c1-8-6-4-2-3-5-7-8;1-2;/h8H,2-7H2,1H3;1-2H3;1H4. The van der Waals surface area contributed by atoms with Crippen LogP contribution in [0.2, 0.25) is 0 Å². The average Bonchev–Trinajstić information content (AvgIpc) is 2.21. The summed E-state index contributed by atoms with van der Waals surface area (Å²) >= 11 is 0. The van der Waals surface area contributed by atoms with Crippen LogP contribution < -0.4 is 0 Å². The SMILES string of the molecule is C.CC.CC1CCCCCC1. The van der Waals surface area contributed by atoms with Gasteiger partial charge >= 0.3 is 0 Å². The Morgan fingerprint density at radius 3 is 1.55 bits per heavy atom. The van der Waals surface area contributed by atoms with Crippen LogP contribution in [0.15, 0.2) is 0 Å². The molecule has 11 heavy (non-hydrogen) atoms. The molecule has 0 aliphatic heterocycles. The van der Waals surface area contributed by atoms with Crippen LogP contribution in [0.1, 0.15) is 66.7 Å². The maximum Gasteiger partial charge on any atom is -0.0443 e. The normalized spacial score (nSPS) is 18.8. The summed E-state index contributed by atoms with van der Waals surface area (Å²) in [6.07, 6.45) is 8.93. The van der Waals surface area contributed by atoms with E-state index in [1.807, 2.05) is 13.8 Å². The van der Waals surface area contributed by atoms with E-state index in [-0.39, 0.29) is 7.43 Å². The molecule has 0 amide bonds. The molecule has 0 spiro atoms. The molecule has 1 aliphatic carbocycles. The summed E-state index contributed by atoms with van der Waals surface area (Å²) in [5.41, 5.74) is 0. The third kappa shape index (κ3) is 7.90. The number of rotatable bonds is 0. The van der Waals surface area contributed by atoms with E-state index >= 15 is 0 Å². The predicted molar refractivity (Wildman–Crippen MR) is 54.9 cm³/mol. The van der Waals surface area contributed by atoms with Gasteiger partial charge in [0.2, 0.25) is 0 Å². The average molecular weight is 158 g/mol. The van der Waals surface area contributed by atoms with Crippen molar-refractivity contribution in [3.63, 3.8) is 0 Å². The van der Waals surface area contributed by atoms with Crippen LogP contribution in [-0.2, 0) is 0 Å². The van der Waals surface area contributed by atoms with Gasteiger partial charge in [0.25, 0.3) is 0 Å². The van der Waals surface area contributed by atoms with Crippen molar-refractivity contribution in [2.24, 2.45) is 5.92 Å². The molecule has 0 heteroatoms. The Morgan fingerprint density at radius 1 is 0.818 bits per heavy atom. The van der Waals surface area contributed by atoms with Gasteiger partial charge in [-0.25, -0.2) is 0 Å². The minimum absolute atomic E-state index is 0. The van der Waals surface area contributed by atoms with Crippen LogP contribution in [0.3, 0.4) is 0 Å². The van der Waals surface area contributed by atoms with E-state index < -0.39 is 0 Å². The quantitative estimate of drug-likeness (QED) is 0.451. The molecule has 0 aromatic rings. The van der Waals surface area contributed by atoms with Gasteiger partial charge in [-0.3, -0.25) is 0 Å². The number of hydrogen-bond donors (Lipinski definition) is 0. The molecule has 1 aliphatic rings. The Bertz CT molecular complexity index is 49.1. The third-order valence-corrected chi connectivity index (χ3v) is 2.14.